The highest BCUT2D eigenvalue weighted by Crippen LogP contribution is 2.32. The maximum absolute atomic E-state index is 12.6. The van der Waals surface area contributed by atoms with Crippen LogP contribution in [0.2, 0.25) is 0 Å². The van der Waals surface area contributed by atoms with Crippen LogP contribution in [0.25, 0.3) is 0 Å². The lowest BCUT2D eigenvalue weighted by Crippen LogP contribution is -2.49. The maximum Gasteiger partial charge on any atom is 0.409 e. The van der Waals surface area contributed by atoms with Gasteiger partial charge in [-0.1, -0.05) is 45.3 Å². The molecule has 1 amide bonds. The maximum atomic E-state index is 12.6. The molecule has 1 aromatic rings. The minimum absolute atomic E-state index is 0.0198. The van der Waals surface area contributed by atoms with Gasteiger partial charge in [0.2, 0.25) is 0 Å². The van der Waals surface area contributed by atoms with Crippen molar-refractivity contribution in [2.75, 3.05) is 32.8 Å². The number of hydrogen-bond acceptors (Lipinski definition) is 5. The molecule has 2 heterocycles. The van der Waals surface area contributed by atoms with Crippen LogP contribution in [0, 0.1) is 28.6 Å². The van der Waals surface area contributed by atoms with Crippen LogP contribution in [0.5, 0.6) is 0 Å². The number of carbonyl (C=O) groups is 1. The molecule has 0 spiro atoms. The van der Waals surface area contributed by atoms with Crippen LogP contribution in [-0.2, 0) is 17.8 Å². The molecule has 3 atom stereocenters. The van der Waals surface area contributed by atoms with Crippen molar-refractivity contribution in [3.8, 4) is 6.07 Å². The number of nitriles is 1. The first kappa shape index (κ1) is 23.6. The lowest BCUT2D eigenvalue weighted by Gasteiger charge is -2.35. The van der Waals surface area contributed by atoms with Crippen LogP contribution >= 0.6 is 0 Å². The smallest absolute Gasteiger partial charge is 0.409 e. The number of nitrogens with zero attached hydrogens (tertiary/aromatic N) is 5. The van der Waals surface area contributed by atoms with Gasteiger partial charge in [-0.05, 0) is 30.8 Å². The molecule has 0 bridgehead atoms. The van der Waals surface area contributed by atoms with Crippen LogP contribution in [0.4, 0.5) is 4.79 Å². The zero-order valence-corrected chi connectivity index (χ0v) is 20.1. The van der Waals surface area contributed by atoms with Crippen molar-refractivity contribution in [3.05, 3.63) is 42.0 Å². The van der Waals surface area contributed by atoms with Crippen molar-refractivity contribution in [3.63, 3.8) is 0 Å². The number of aromatic nitrogens is 2. The Balaban J connectivity index is 1.23. The molecule has 7 nitrogen and oxygen atoms in total. The number of piperazine rings is 1. The van der Waals surface area contributed by atoms with Crippen molar-refractivity contribution in [1.29, 1.82) is 5.26 Å². The van der Waals surface area contributed by atoms with E-state index >= 15 is 0 Å². The molecular weight excluding hydrogens is 414 g/mol. The summed E-state index contributed by atoms with van der Waals surface area (Å²) in [7, 11) is 0. The first-order valence-electron chi connectivity index (χ1n) is 12.4. The highest BCUT2D eigenvalue weighted by atomic mass is 16.6. The van der Waals surface area contributed by atoms with Crippen molar-refractivity contribution >= 4 is 6.09 Å². The molecule has 1 saturated heterocycles. The molecule has 1 saturated carbocycles. The van der Waals surface area contributed by atoms with Crippen LogP contribution in [0.15, 0.2) is 36.3 Å². The highest BCUT2D eigenvalue weighted by molar-refractivity contribution is 5.67. The molecule has 1 aromatic heterocycles. The molecule has 178 valence electrons. The zero-order valence-electron chi connectivity index (χ0n) is 20.1. The Labute approximate surface area is 197 Å². The third-order valence-electron chi connectivity index (χ3n) is 7.64. The molecule has 0 N–H and O–H groups in total. The number of imidazole rings is 1. The predicted octanol–water partition coefficient (Wildman–Crippen LogP) is 4.38. The monoisotopic (exact) mass is 451 g/mol. The summed E-state index contributed by atoms with van der Waals surface area (Å²) in [4.78, 5) is 21.2. The third-order valence-corrected chi connectivity index (χ3v) is 7.64. The highest BCUT2D eigenvalue weighted by Gasteiger charge is 2.28. The van der Waals surface area contributed by atoms with E-state index in [1.54, 1.807) is 0 Å². The van der Waals surface area contributed by atoms with E-state index in [-0.39, 0.29) is 11.5 Å². The molecule has 7 heteroatoms. The van der Waals surface area contributed by atoms with Crippen molar-refractivity contribution in [1.82, 2.24) is 19.4 Å². The minimum atomic E-state index is -0.153. The first-order chi connectivity index (χ1) is 16.0. The first-order valence-corrected chi connectivity index (χ1v) is 12.4. The average molecular weight is 452 g/mol. The van der Waals surface area contributed by atoms with E-state index in [4.69, 9.17) is 10.00 Å². The van der Waals surface area contributed by atoms with Gasteiger partial charge in [0.05, 0.1) is 24.7 Å². The summed E-state index contributed by atoms with van der Waals surface area (Å²) >= 11 is 0. The summed E-state index contributed by atoms with van der Waals surface area (Å²) in [5.74, 6) is 1.18. The summed E-state index contributed by atoms with van der Waals surface area (Å²) in [5, 5.41) is 9.07. The summed E-state index contributed by atoms with van der Waals surface area (Å²) in [6.07, 6.45) is 15.6. The van der Waals surface area contributed by atoms with Crippen LogP contribution in [0.3, 0.4) is 0 Å². The second kappa shape index (κ2) is 10.6. The van der Waals surface area contributed by atoms with Gasteiger partial charge < -0.3 is 14.2 Å². The lowest BCUT2D eigenvalue weighted by atomic mass is 9.81. The van der Waals surface area contributed by atoms with Gasteiger partial charge in [0.1, 0.15) is 0 Å². The minimum Gasteiger partial charge on any atom is -0.449 e. The zero-order chi connectivity index (χ0) is 23.3. The molecule has 3 aliphatic rings. The van der Waals surface area contributed by atoms with E-state index in [0.717, 1.165) is 38.2 Å². The fourth-order valence-electron chi connectivity index (χ4n) is 5.21. The quantitative estimate of drug-likeness (QED) is 0.642. The van der Waals surface area contributed by atoms with Crippen LogP contribution in [0.1, 0.15) is 51.6 Å². The standard InChI is InChI=1S/C26H37N5O2/c1-21-5-3-4-6-23(21)18-33-25(32)30-13-11-29(12-14-30)17-24-16-28-20-31(24)19-26(2)9-7-22(15-27)8-10-26/h7-9,16,20-21,23H,3-6,10-14,17-19H2,1-2H3/t21-,23?,26?/m1/s1. The van der Waals surface area contributed by atoms with E-state index in [0.29, 0.717) is 31.5 Å². The largest absolute Gasteiger partial charge is 0.449 e. The fraction of sp³-hybridized carbons (Fsp3) is 0.654. The van der Waals surface area contributed by atoms with Gasteiger partial charge in [0.25, 0.3) is 0 Å². The Kier molecular flexibility index (Phi) is 7.54. The Morgan fingerprint density at radius 3 is 2.76 bits per heavy atom. The molecular formula is C26H37N5O2. The molecule has 2 unspecified atom stereocenters. The number of ether oxygens (including phenoxy) is 1. The van der Waals surface area contributed by atoms with Crippen LogP contribution < -0.4 is 0 Å². The van der Waals surface area contributed by atoms with Gasteiger partial charge in [-0.2, -0.15) is 5.26 Å². The van der Waals surface area contributed by atoms with Gasteiger partial charge >= 0.3 is 6.09 Å². The SMILES string of the molecule is C[C@@H]1CCCCC1COC(=O)N1CCN(Cc2cncn2CC2(C)C=CC(C#N)=CC2)CC1. The molecule has 0 aromatic carbocycles. The predicted molar refractivity (Wildman–Crippen MR) is 127 cm³/mol. The second-order valence-electron chi connectivity index (χ2n) is 10.3. The Hall–Kier alpha value is -2.59. The Morgan fingerprint density at radius 1 is 1.27 bits per heavy atom. The van der Waals surface area contributed by atoms with Gasteiger partial charge in [-0.25, -0.2) is 9.78 Å². The van der Waals surface area contributed by atoms with E-state index in [1.165, 1.54) is 31.4 Å². The number of rotatable bonds is 6. The number of hydrogen-bond donors (Lipinski definition) is 0. The number of carbonyl (C=O) groups excluding carboxylic acids is 1. The molecule has 33 heavy (non-hydrogen) atoms. The molecule has 1 aliphatic heterocycles. The third kappa shape index (κ3) is 6.05. The Bertz CT molecular complexity index is 921. The Morgan fingerprint density at radius 2 is 2.06 bits per heavy atom. The summed E-state index contributed by atoms with van der Waals surface area (Å²) in [6, 6.07) is 2.22. The molecule has 4 rings (SSSR count). The topological polar surface area (TPSA) is 74.4 Å². The summed E-state index contributed by atoms with van der Waals surface area (Å²) in [5.41, 5.74) is 1.90. The average Bonchev–Trinajstić information content (AvgIpc) is 3.25. The molecule has 2 aliphatic carbocycles. The summed E-state index contributed by atoms with van der Waals surface area (Å²) < 4.78 is 7.91. The number of amides is 1. The summed E-state index contributed by atoms with van der Waals surface area (Å²) in [6.45, 7) is 9.81. The molecule has 0 radical (unpaired) electrons. The van der Waals surface area contributed by atoms with Crippen molar-refractivity contribution in [2.45, 2.75) is 59.0 Å². The van der Waals surface area contributed by atoms with Crippen molar-refractivity contribution in [2.24, 2.45) is 17.3 Å². The van der Waals surface area contributed by atoms with Gasteiger partial charge in [0.15, 0.2) is 0 Å². The second-order valence-corrected chi connectivity index (χ2v) is 10.3. The van der Waals surface area contributed by atoms with Crippen LogP contribution in [-0.4, -0.2) is 58.2 Å². The molecule has 2 fully saturated rings. The fourth-order valence-corrected chi connectivity index (χ4v) is 5.21. The van der Waals surface area contributed by atoms with E-state index in [9.17, 15) is 4.79 Å². The normalized spacial score (nSPS) is 28.3. The van der Waals surface area contributed by atoms with E-state index in [2.05, 4.69) is 40.4 Å². The van der Waals surface area contributed by atoms with E-state index in [1.807, 2.05) is 29.6 Å². The van der Waals surface area contributed by atoms with E-state index < -0.39 is 0 Å². The van der Waals surface area contributed by atoms with Gasteiger partial charge in [0, 0.05) is 56.5 Å². The number of allylic oxidation sites excluding steroid dienone is 4. The van der Waals surface area contributed by atoms with Gasteiger partial charge in [-0.15, -0.1) is 0 Å². The van der Waals surface area contributed by atoms with Crippen molar-refractivity contribution < 1.29 is 9.53 Å². The lowest BCUT2D eigenvalue weighted by molar-refractivity contribution is 0.0506. The van der Waals surface area contributed by atoms with Gasteiger partial charge in [-0.3, -0.25) is 4.90 Å².